The molecule has 12 nitrogen and oxygen atoms in total. The number of hydrogen-bond donors (Lipinski definition) is 1. The zero-order chi connectivity index (χ0) is 28.8. The van der Waals surface area contributed by atoms with E-state index in [0.29, 0.717) is 19.0 Å². The largest absolute Gasteiger partial charge is 0.489 e. The number of nitrogens with zero attached hydrogens (tertiary/aromatic N) is 5. The minimum Gasteiger partial charge on any atom is -0.489 e. The summed E-state index contributed by atoms with van der Waals surface area (Å²) in [5, 5.41) is 3.21. The number of benzene rings is 2. The second kappa shape index (κ2) is 10.8. The molecule has 12 heteroatoms. The third kappa shape index (κ3) is 4.96. The van der Waals surface area contributed by atoms with Crippen molar-refractivity contribution in [3.05, 3.63) is 59.3 Å². The normalized spacial score (nSPS) is 23.0. The number of amides is 4. The molecular formula is C30H30N6O6. The molecule has 3 fully saturated rings. The summed E-state index contributed by atoms with van der Waals surface area (Å²) in [5.41, 5.74) is 2.54. The van der Waals surface area contributed by atoms with Crippen molar-refractivity contribution in [2.24, 2.45) is 0 Å². The molecule has 4 aliphatic rings. The maximum absolute atomic E-state index is 13.1. The molecule has 1 aromatic heterocycles. The third-order valence-corrected chi connectivity index (χ3v) is 8.27. The topological polar surface area (TPSA) is 134 Å². The van der Waals surface area contributed by atoms with Gasteiger partial charge in [-0.1, -0.05) is 6.07 Å². The number of piperidine rings is 1. The number of ether oxygens (including phenoxy) is 2. The molecule has 0 saturated carbocycles. The molecule has 4 amide bonds. The lowest BCUT2D eigenvalue weighted by molar-refractivity contribution is -0.136. The number of hydrogen-bond acceptors (Lipinski definition) is 10. The Balaban J connectivity index is 0.979. The molecule has 216 valence electrons. The summed E-state index contributed by atoms with van der Waals surface area (Å²) < 4.78 is 11.7. The maximum Gasteiger partial charge on any atom is 0.262 e. The molecule has 0 bridgehead atoms. The van der Waals surface area contributed by atoms with Crippen molar-refractivity contribution in [2.45, 2.75) is 38.0 Å². The summed E-state index contributed by atoms with van der Waals surface area (Å²) in [4.78, 5) is 64.7. The first-order valence-electron chi connectivity index (χ1n) is 14.3. The van der Waals surface area contributed by atoms with Crippen molar-refractivity contribution in [1.29, 1.82) is 0 Å². The number of morpholine rings is 1. The van der Waals surface area contributed by atoms with E-state index in [-0.39, 0.29) is 30.1 Å². The summed E-state index contributed by atoms with van der Waals surface area (Å²) in [5.74, 6) is -0.853. The van der Waals surface area contributed by atoms with E-state index in [1.807, 2.05) is 12.3 Å². The Kier molecular flexibility index (Phi) is 6.79. The minimum absolute atomic E-state index is 0.0682. The number of carbonyl (C=O) groups excluding carboxylic acids is 4. The van der Waals surface area contributed by atoms with Gasteiger partial charge in [-0.15, -0.1) is 0 Å². The Hall–Kier alpha value is -4.42. The van der Waals surface area contributed by atoms with Crippen LogP contribution in [0.3, 0.4) is 0 Å². The Morgan fingerprint density at radius 3 is 2.62 bits per heavy atom. The molecule has 1 N–H and O–H groups in total. The SMILES string of the molecule is O=C1CC[C@H](N2C(=O)c3ccc(O[C@H]4CCN(Cc5ccc6nc(N7CCOCC7)ncc6c5)C4)cc3C2=O)C(=O)N1. The van der Waals surface area contributed by atoms with Crippen molar-refractivity contribution in [3.63, 3.8) is 0 Å². The molecule has 42 heavy (non-hydrogen) atoms. The summed E-state index contributed by atoms with van der Waals surface area (Å²) in [6.45, 7) is 5.31. The van der Waals surface area contributed by atoms with Crippen LogP contribution < -0.4 is 15.0 Å². The standard InChI is InChI=1S/C30H30N6O6/c37-26-6-5-25(27(38)33-26)36-28(39)22-3-2-20(14-23(22)29(36)40)42-21-7-8-34(17-21)16-18-1-4-24-19(13-18)15-31-30(32-24)35-9-11-41-12-10-35/h1-4,13-15,21,25H,5-12,16-17H2,(H,33,37,38)/t21-,25-/m0/s1. The summed E-state index contributed by atoms with van der Waals surface area (Å²) in [7, 11) is 0. The van der Waals surface area contributed by atoms with Gasteiger partial charge in [0, 0.05) is 50.7 Å². The lowest BCUT2D eigenvalue weighted by Gasteiger charge is -2.27. The zero-order valence-corrected chi connectivity index (χ0v) is 23.0. The second-order valence-electron chi connectivity index (χ2n) is 11.1. The van der Waals surface area contributed by atoms with Crippen LogP contribution in [0.2, 0.25) is 0 Å². The van der Waals surface area contributed by atoms with Crippen LogP contribution in [0.5, 0.6) is 5.75 Å². The number of likely N-dealkylation sites (tertiary alicyclic amines) is 1. The lowest BCUT2D eigenvalue weighted by atomic mass is 10.0. The van der Waals surface area contributed by atoms with Crippen LogP contribution in [-0.4, -0.2) is 94.9 Å². The highest BCUT2D eigenvalue weighted by atomic mass is 16.5. The average Bonchev–Trinajstić information content (AvgIpc) is 3.54. The smallest absolute Gasteiger partial charge is 0.262 e. The fraction of sp³-hybridized carbons (Fsp3) is 0.400. The molecule has 0 radical (unpaired) electrons. The fourth-order valence-corrected chi connectivity index (χ4v) is 6.10. The highest BCUT2D eigenvalue weighted by Crippen LogP contribution is 2.31. The van der Waals surface area contributed by atoms with E-state index in [1.54, 1.807) is 18.2 Å². The van der Waals surface area contributed by atoms with Crippen molar-refractivity contribution in [1.82, 2.24) is 25.1 Å². The Labute approximate surface area is 241 Å². The van der Waals surface area contributed by atoms with Gasteiger partial charge in [0.05, 0.1) is 29.9 Å². The van der Waals surface area contributed by atoms with Crippen LogP contribution in [-0.2, 0) is 20.9 Å². The number of rotatable bonds is 6. The van der Waals surface area contributed by atoms with Gasteiger partial charge < -0.3 is 14.4 Å². The van der Waals surface area contributed by atoms with Crippen molar-refractivity contribution >= 4 is 40.5 Å². The molecule has 2 atom stereocenters. The van der Waals surface area contributed by atoms with Crippen LogP contribution >= 0.6 is 0 Å². The Bertz CT molecular complexity index is 1600. The predicted molar refractivity (Wildman–Crippen MR) is 150 cm³/mol. The van der Waals surface area contributed by atoms with E-state index < -0.39 is 29.7 Å². The first-order chi connectivity index (χ1) is 20.4. The predicted octanol–water partition coefficient (Wildman–Crippen LogP) is 1.52. The van der Waals surface area contributed by atoms with E-state index in [0.717, 1.165) is 60.9 Å². The van der Waals surface area contributed by atoms with Crippen molar-refractivity contribution in [2.75, 3.05) is 44.3 Å². The van der Waals surface area contributed by atoms with Gasteiger partial charge in [0.25, 0.3) is 11.8 Å². The van der Waals surface area contributed by atoms with Crippen LogP contribution in [0.15, 0.2) is 42.6 Å². The fourth-order valence-electron chi connectivity index (χ4n) is 6.10. The summed E-state index contributed by atoms with van der Waals surface area (Å²) in [6, 6.07) is 10.1. The van der Waals surface area contributed by atoms with Gasteiger partial charge in [0.15, 0.2) is 0 Å². The molecule has 0 unspecified atom stereocenters. The van der Waals surface area contributed by atoms with E-state index in [1.165, 1.54) is 5.56 Å². The van der Waals surface area contributed by atoms with Crippen LogP contribution in [0, 0.1) is 0 Å². The number of carbonyl (C=O) groups is 4. The second-order valence-corrected chi connectivity index (χ2v) is 11.1. The number of aromatic nitrogens is 2. The van der Waals surface area contributed by atoms with Crippen LogP contribution in [0.4, 0.5) is 5.95 Å². The summed E-state index contributed by atoms with van der Waals surface area (Å²) >= 11 is 0. The Morgan fingerprint density at radius 2 is 1.79 bits per heavy atom. The maximum atomic E-state index is 13.1. The first-order valence-corrected chi connectivity index (χ1v) is 14.3. The van der Waals surface area contributed by atoms with Crippen LogP contribution in [0.1, 0.15) is 45.5 Å². The van der Waals surface area contributed by atoms with Gasteiger partial charge in [-0.05, 0) is 48.7 Å². The molecule has 0 spiro atoms. The number of anilines is 1. The highest BCUT2D eigenvalue weighted by molar-refractivity contribution is 6.23. The molecule has 7 rings (SSSR count). The highest BCUT2D eigenvalue weighted by Gasteiger charge is 2.44. The zero-order valence-electron chi connectivity index (χ0n) is 23.0. The number of nitrogens with one attached hydrogen (secondary N) is 1. The number of fused-ring (bicyclic) bond motifs is 2. The third-order valence-electron chi connectivity index (χ3n) is 8.27. The minimum atomic E-state index is -0.989. The molecule has 3 saturated heterocycles. The average molecular weight is 571 g/mol. The molecule has 2 aromatic carbocycles. The van der Waals surface area contributed by atoms with Gasteiger partial charge in [0.2, 0.25) is 17.8 Å². The van der Waals surface area contributed by atoms with Gasteiger partial charge in [-0.2, -0.15) is 0 Å². The van der Waals surface area contributed by atoms with Crippen molar-refractivity contribution in [3.8, 4) is 5.75 Å². The quantitative estimate of drug-likeness (QED) is 0.435. The van der Waals surface area contributed by atoms with E-state index >= 15 is 0 Å². The Morgan fingerprint density at radius 1 is 0.952 bits per heavy atom. The van der Waals surface area contributed by atoms with Gasteiger partial charge in [-0.25, -0.2) is 9.97 Å². The summed E-state index contributed by atoms with van der Waals surface area (Å²) in [6.07, 6.45) is 2.84. The molecule has 4 aliphatic heterocycles. The first kappa shape index (κ1) is 26.5. The molecule has 3 aromatic rings. The lowest BCUT2D eigenvalue weighted by Crippen LogP contribution is -2.54. The molecular weight excluding hydrogens is 540 g/mol. The van der Waals surface area contributed by atoms with E-state index in [9.17, 15) is 19.2 Å². The van der Waals surface area contributed by atoms with Gasteiger partial charge in [0.1, 0.15) is 17.9 Å². The van der Waals surface area contributed by atoms with E-state index in [2.05, 4.69) is 32.2 Å². The number of imide groups is 2. The van der Waals surface area contributed by atoms with Gasteiger partial charge in [-0.3, -0.25) is 34.3 Å². The van der Waals surface area contributed by atoms with Gasteiger partial charge >= 0.3 is 0 Å². The van der Waals surface area contributed by atoms with Crippen LogP contribution in [0.25, 0.3) is 10.9 Å². The monoisotopic (exact) mass is 570 g/mol. The van der Waals surface area contributed by atoms with E-state index in [4.69, 9.17) is 14.5 Å². The molecule has 5 heterocycles. The molecule has 0 aliphatic carbocycles. The van der Waals surface area contributed by atoms with Crippen molar-refractivity contribution < 1.29 is 28.7 Å².